The molecular weight excluding hydrogens is 394 g/mol. The van der Waals surface area contributed by atoms with Gasteiger partial charge < -0.3 is 15.0 Å². The van der Waals surface area contributed by atoms with Crippen LogP contribution in [-0.2, 0) is 14.3 Å². The van der Waals surface area contributed by atoms with Gasteiger partial charge in [-0.25, -0.2) is 4.98 Å². The number of hydrogen-bond donors (Lipinski definition) is 1. The number of amides is 1. The summed E-state index contributed by atoms with van der Waals surface area (Å²) in [6.07, 6.45) is 1.50. The number of nitriles is 1. The summed E-state index contributed by atoms with van der Waals surface area (Å²) in [5.41, 5.74) is 3.07. The molecule has 2 aliphatic heterocycles. The first kappa shape index (κ1) is 18.9. The number of cyclic esters (lactones) is 1. The van der Waals surface area contributed by atoms with Crippen LogP contribution in [0.2, 0.25) is 5.15 Å². The van der Waals surface area contributed by atoms with E-state index in [2.05, 4.69) is 15.3 Å². The van der Waals surface area contributed by atoms with Crippen molar-refractivity contribution in [2.24, 2.45) is 10.9 Å². The van der Waals surface area contributed by atoms with Crippen LogP contribution in [0.1, 0.15) is 18.1 Å². The van der Waals surface area contributed by atoms with E-state index < -0.39 is 11.9 Å². The number of hydrogen-bond acceptors (Lipinski definition) is 7. The van der Waals surface area contributed by atoms with Crippen molar-refractivity contribution in [3.05, 3.63) is 46.7 Å². The van der Waals surface area contributed by atoms with Crippen molar-refractivity contribution in [3.63, 3.8) is 0 Å². The lowest BCUT2D eigenvalue weighted by Crippen LogP contribution is -2.46. The molecule has 0 spiro atoms. The van der Waals surface area contributed by atoms with Crippen LogP contribution in [0.15, 0.2) is 35.5 Å². The van der Waals surface area contributed by atoms with E-state index in [9.17, 15) is 14.9 Å². The van der Waals surface area contributed by atoms with Crippen LogP contribution in [0, 0.1) is 17.2 Å². The van der Waals surface area contributed by atoms with Gasteiger partial charge in [0.25, 0.3) is 0 Å². The van der Waals surface area contributed by atoms with Gasteiger partial charge in [-0.1, -0.05) is 11.6 Å². The molecule has 8 nitrogen and oxygen atoms in total. The number of carbonyl (C=O) groups is 2. The van der Waals surface area contributed by atoms with Crippen LogP contribution in [0.4, 0.5) is 17.1 Å². The van der Waals surface area contributed by atoms with Gasteiger partial charge in [-0.2, -0.15) is 5.26 Å². The van der Waals surface area contributed by atoms with E-state index >= 15 is 0 Å². The largest absolute Gasteiger partial charge is 0.463 e. The Morgan fingerprint density at radius 3 is 2.90 bits per heavy atom. The number of anilines is 3. The highest BCUT2D eigenvalue weighted by Crippen LogP contribution is 2.35. The van der Waals surface area contributed by atoms with Crippen LogP contribution >= 0.6 is 11.6 Å². The first-order chi connectivity index (χ1) is 13.9. The van der Waals surface area contributed by atoms with Crippen LogP contribution in [0.5, 0.6) is 0 Å². The third kappa shape index (κ3) is 3.19. The molecule has 3 heterocycles. The van der Waals surface area contributed by atoms with E-state index in [4.69, 9.17) is 16.3 Å². The Morgan fingerprint density at radius 1 is 1.34 bits per heavy atom. The van der Waals surface area contributed by atoms with Crippen molar-refractivity contribution in [1.29, 1.82) is 5.26 Å². The van der Waals surface area contributed by atoms with Crippen molar-refractivity contribution < 1.29 is 14.3 Å². The van der Waals surface area contributed by atoms with E-state index in [0.29, 0.717) is 28.3 Å². The first-order valence-corrected chi connectivity index (χ1v) is 9.26. The van der Waals surface area contributed by atoms with Gasteiger partial charge in [-0.05, 0) is 31.2 Å². The lowest BCUT2D eigenvalue weighted by atomic mass is 9.89. The Morgan fingerprint density at radius 2 is 2.14 bits per heavy atom. The highest BCUT2D eigenvalue weighted by Gasteiger charge is 2.43. The van der Waals surface area contributed by atoms with E-state index in [1.807, 2.05) is 13.0 Å². The number of nitrogens with one attached hydrogen (secondary N) is 1. The summed E-state index contributed by atoms with van der Waals surface area (Å²) in [7, 11) is 1.61. The molecule has 0 radical (unpaired) electrons. The van der Waals surface area contributed by atoms with Crippen molar-refractivity contribution in [1.82, 2.24) is 4.98 Å². The molecule has 2 aromatic rings. The number of ether oxygens (including phenoxy) is 1. The molecule has 0 bridgehead atoms. The molecule has 0 saturated heterocycles. The molecule has 2 aliphatic rings. The highest BCUT2D eigenvalue weighted by molar-refractivity contribution is 6.32. The van der Waals surface area contributed by atoms with Gasteiger partial charge in [-0.15, -0.1) is 0 Å². The average molecular weight is 410 g/mol. The van der Waals surface area contributed by atoms with E-state index in [0.717, 1.165) is 0 Å². The molecule has 1 unspecified atom stereocenters. The fourth-order valence-electron chi connectivity index (χ4n) is 3.42. The summed E-state index contributed by atoms with van der Waals surface area (Å²) in [5, 5.41) is 12.6. The summed E-state index contributed by atoms with van der Waals surface area (Å²) in [4.78, 5) is 35.1. The zero-order valence-corrected chi connectivity index (χ0v) is 16.4. The third-order valence-electron chi connectivity index (χ3n) is 4.84. The lowest BCUT2D eigenvalue weighted by molar-refractivity contribution is -0.148. The lowest BCUT2D eigenvalue weighted by Gasteiger charge is -2.31. The van der Waals surface area contributed by atoms with Gasteiger partial charge in [-0.3, -0.25) is 14.6 Å². The molecule has 0 aliphatic carbocycles. The zero-order valence-electron chi connectivity index (χ0n) is 15.6. The minimum atomic E-state index is -1.09. The van der Waals surface area contributed by atoms with Crippen LogP contribution in [0.3, 0.4) is 0 Å². The molecule has 29 heavy (non-hydrogen) atoms. The SMILES string of the molecule is C[C@H]1COC(=O)C2C(=O)N(C)c3ccc(Nc4ccnc(Cl)c4C#N)cc3C2=N1. The minimum Gasteiger partial charge on any atom is -0.463 e. The number of carbonyl (C=O) groups excluding carboxylic acids is 2. The molecule has 9 heteroatoms. The minimum absolute atomic E-state index is 0.102. The predicted molar refractivity (Wildman–Crippen MR) is 108 cm³/mol. The Kier molecular flexibility index (Phi) is 4.68. The number of esters is 1. The normalized spacial score (nSPS) is 20.6. The number of rotatable bonds is 2. The maximum absolute atomic E-state index is 12.8. The second-order valence-corrected chi connectivity index (χ2v) is 7.17. The number of pyridine rings is 1. The topological polar surface area (TPSA) is 108 Å². The standard InChI is InChI=1S/C20H16ClN5O3/c1-10-9-29-20(28)16-17(24-10)12-7-11(3-4-15(12)26(2)19(16)27)25-14-5-6-23-18(21)13(14)8-22/h3-7,10,16H,9H2,1-2H3,(H,23,25)/t10-,16?/m0/s1. The second-order valence-electron chi connectivity index (χ2n) is 6.82. The number of aromatic nitrogens is 1. The highest BCUT2D eigenvalue weighted by atomic mass is 35.5. The molecule has 146 valence electrons. The van der Waals surface area contributed by atoms with Gasteiger partial charge in [0.05, 0.1) is 23.1 Å². The van der Waals surface area contributed by atoms with Crippen molar-refractivity contribution in [2.75, 3.05) is 23.9 Å². The number of nitrogens with zero attached hydrogens (tertiary/aromatic N) is 4. The predicted octanol–water partition coefficient (Wildman–Crippen LogP) is 2.68. The molecule has 1 aromatic carbocycles. The van der Waals surface area contributed by atoms with Crippen LogP contribution in [0.25, 0.3) is 0 Å². The molecule has 0 fully saturated rings. The summed E-state index contributed by atoms with van der Waals surface area (Å²) < 4.78 is 5.21. The second kappa shape index (κ2) is 7.18. The quantitative estimate of drug-likeness (QED) is 0.464. The fourth-order valence-corrected chi connectivity index (χ4v) is 3.62. The maximum Gasteiger partial charge on any atom is 0.324 e. The number of aliphatic imine (C=N–C) groups is 1. The molecule has 1 N–H and O–H groups in total. The molecule has 1 amide bonds. The zero-order chi connectivity index (χ0) is 20.7. The first-order valence-electron chi connectivity index (χ1n) is 8.88. The monoisotopic (exact) mass is 409 g/mol. The van der Waals surface area contributed by atoms with Gasteiger partial charge >= 0.3 is 5.97 Å². The van der Waals surface area contributed by atoms with Crippen molar-refractivity contribution >= 4 is 46.3 Å². The molecule has 1 aromatic heterocycles. The molecular formula is C20H16ClN5O3. The summed E-state index contributed by atoms with van der Waals surface area (Å²) in [6.45, 7) is 1.95. The third-order valence-corrected chi connectivity index (χ3v) is 5.13. The Hall–Kier alpha value is -3.44. The summed E-state index contributed by atoms with van der Waals surface area (Å²) in [6, 6.07) is 8.75. The van der Waals surface area contributed by atoms with Crippen molar-refractivity contribution in [2.45, 2.75) is 13.0 Å². The van der Waals surface area contributed by atoms with Gasteiger partial charge in [0.1, 0.15) is 23.4 Å². The fraction of sp³-hybridized carbons (Fsp3) is 0.250. The summed E-state index contributed by atoms with van der Waals surface area (Å²) >= 11 is 6.00. The van der Waals surface area contributed by atoms with Crippen LogP contribution in [-0.4, -0.2) is 42.3 Å². The molecule has 2 atom stereocenters. The maximum atomic E-state index is 12.8. The van der Waals surface area contributed by atoms with E-state index in [1.54, 1.807) is 31.3 Å². The van der Waals surface area contributed by atoms with Crippen LogP contribution < -0.4 is 10.2 Å². The van der Waals surface area contributed by atoms with E-state index in [1.165, 1.54) is 11.1 Å². The Bertz CT molecular complexity index is 1110. The van der Waals surface area contributed by atoms with E-state index in [-0.39, 0.29) is 29.3 Å². The average Bonchev–Trinajstić information content (AvgIpc) is 2.85. The molecule has 4 rings (SSSR count). The number of halogens is 1. The van der Waals surface area contributed by atoms with Gasteiger partial charge in [0.15, 0.2) is 5.92 Å². The molecule has 0 saturated carbocycles. The summed E-state index contributed by atoms with van der Waals surface area (Å²) in [5.74, 6) is -2.05. The smallest absolute Gasteiger partial charge is 0.324 e. The Labute approximate surface area is 171 Å². The van der Waals surface area contributed by atoms with Gasteiger partial charge in [0, 0.05) is 24.5 Å². The van der Waals surface area contributed by atoms with Gasteiger partial charge in [0.2, 0.25) is 5.91 Å². The number of fused-ring (bicyclic) bond motifs is 3. The Balaban J connectivity index is 1.81. The number of benzene rings is 1. The van der Waals surface area contributed by atoms with Crippen molar-refractivity contribution in [3.8, 4) is 6.07 Å².